The lowest BCUT2D eigenvalue weighted by Gasteiger charge is -2.10. The number of methoxy groups -OCH3 is 1. The monoisotopic (exact) mass is 460 g/mol. The first-order valence-corrected chi connectivity index (χ1v) is 8.51. The van der Waals surface area contributed by atoms with Gasteiger partial charge in [0.2, 0.25) is 0 Å². The van der Waals surface area contributed by atoms with Crippen LogP contribution in [0.15, 0.2) is 48.5 Å². The second-order valence-corrected chi connectivity index (χ2v) is 6.68. The average Bonchev–Trinajstić information content (AvgIpc) is 2.46. The van der Waals surface area contributed by atoms with Gasteiger partial charge in [-0.2, -0.15) is 21.6 Å². The summed E-state index contributed by atoms with van der Waals surface area (Å²) in [4.78, 5) is 0. The van der Waals surface area contributed by atoms with Gasteiger partial charge in [0, 0.05) is 9.13 Å². The Balaban J connectivity index is 0.000000284. The largest absolute Gasteiger partial charge is 0.522 e. The van der Waals surface area contributed by atoms with Crippen molar-refractivity contribution in [2.24, 2.45) is 0 Å². The highest BCUT2D eigenvalue weighted by molar-refractivity contribution is 14.1. The topological polar surface area (TPSA) is 63.6 Å². The highest BCUT2D eigenvalue weighted by Crippen LogP contribution is 2.33. The minimum absolute atomic E-state index is 0.924. The maximum absolute atomic E-state index is 10.7. The molecule has 0 atom stereocenters. The third-order valence-corrected chi connectivity index (χ3v) is 4.03. The van der Waals surface area contributed by atoms with E-state index in [1.54, 1.807) is 7.11 Å². The van der Waals surface area contributed by atoms with Gasteiger partial charge in [-0.15, -0.1) is 0 Å². The number of halogens is 4. The van der Waals surface area contributed by atoms with Gasteiger partial charge < -0.3 is 4.74 Å². The summed E-state index contributed by atoms with van der Waals surface area (Å²) >= 11 is 2.33. The smallest absolute Gasteiger partial charge is 0.496 e. The Morgan fingerprint density at radius 3 is 2.00 bits per heavy atom. The van der Waals surface area contributed by atoms with Crippen LogP contribution in [0.5, 0.6) is 5.75 Å². The molecule has 23 heavy (non-hydrogen) atoms. The molecular formula is C14H12F3IO4S. The Morgan fingerprint density at radius 1 is 1.04 bits per heavy atom. The molecule has 0 unspecified atom stereocenters. The SMILES string of the molecule is COc1cccc(I)c1-c1ccccc1.O=S(=O)(O)C(F)(F)F. The first-order chi connectivity index (χ1) is 10.6. The van der Waals surface area contributed by atoms with Crippen LogP contribution in [-0.2, 0) is 10.1 Å². The zero-order valence-electron chi connectivity index (χ0n) is 11.7. The van der Waals surface area contributed by atoms with Crippen LogP contribution in [0.1, 0.15) is 0 Å². The van der Waals surface area contributed by atoms with Gasteiger partial charge in [0.15, 0.2) is 0 Å². The van der Waals surface area contributed by atoms with Crippen LogP contribution in [0.2, 0.25) is 0 Å². The number of rotatable bonds is 2. The van der Waals surface area contributed by atoms with Crippen molar-refractivity contribution in [1.29, 1.82) is 0 Å². The van der Waals surface area contributed by atoms with Crippen molar-refractivity contribution in [2.45, 2.75) is 5.51 Å². The quantitative estimate of drug-likeness (QED) is 0.411. The number of benzene rings is 2. The molecule has 0 aromatic heterocycles. The summed E-state index contributed by atoms with van der Waals surface area (Å²) in [6, 6.07) is 16.4. The molecule has 0 saturated heterocycles. The fraction of sp³-hybridized carbons (Fsp3) is 0.143. The summed E-state index contributed by atoms with van der Waals surface area (Å²) in [6.07, 6.45) is 0. The first-order valence-electron chi connectivity index (χ1n) is 5.99. The van der Waals surface area contributed by atoms with Crippen molar-refractivity contribution >= 4 is 32.7 Å². The normalized spacial score (nSPS) is 11.4. The van der Waals surface area contributed by atoms with E-state index in [1.807, 2.05) is 30.3 Å². The molecule has 0 aliphatic carbocycles. The minimum atomic E-state index is -5.84. The molecule has 0 amide bonds. The van der Waals surface area contributed by atoms with Crippen molar-refractivity contribution in [3.05, 3.63) is 52.1 Å². The molecule has 0 aliphatic heterocycles. The Labute approximate surface area is 145 Å². The van der Waals surface area contributed by atoms with E-state index < -0.39 is 15.6 Å². The second kappa shape index (κ2) is 7.97. The molecule has 2 aromatic carbocycles. The maximum Gasteiger partial charge on any atom is 0.522 e. The van der Waals surface area contributed by atoms with Crippen LogP contribution in [0.3, 0.4) is 0 Å². The zero-order chi connectivity index (χ0) is 17.7. The van der Waals surface area contributed by atoms with Gasteiger partial charge in [0.1, 0.15) is 5.75 Å². The van der Waals surface area contributed by atoms with Gasteiger partial charge in [0.05, 0.1) is 7.11 Å². The molecule has 0 heterocycles. The lowest BCUT2D eigenvalue weighted by Crippen LogP contribution is -2.21. The highest BCUT2D eigenvalue weighted by Gasteiger charge is 2.44. The van der Waals surface area contributed by atoms with Gasteiger partial charge in [-0.05, 0) is 40.3 Å². The molecule has 0 spiro atoms. The van der Waals surface area contributed by atoms with Gasteiger partial charge in [0.25, 0.3) is 0 Å². The summed E-state index contributed by atoms with van der Waals surface area (Å²) in [7, 11) is -4.13. The van der Waals surface area contributed by atoms with E-state index >= 15 is 0 Å². The number of hydrogen-bond donors (Lipinski definition) is 1. The molecule has 0 bridgehead atoms. The van der Waals surface area contributed by atoms with Crippen LogP contribution in [0, 0.1) is 3.57 Å². The van der Waals surface area contributed by atoms with E-state index in [0.717, 1.165) is 5.75 Å². The lowest BCUT2D eigenvalue weighted by atomic mass is 10.1. The number of hydrogen-bond acceptors (Lipinski definition) is 3. The van der Waals surface area contributed by atoms with Crippen LogP contribution in [0.4, 0.5) is 13.2 Å². The summed E-state index contributed by atoms with van der Waals surface area (Å²) < 4.78 is 64.1. The minimum Gasteiger partial charge on any atom is -0.496 e. The molecule has 2 aromatic rings. The Hall–Kier alpha value is -1.33. The van der Waals surface area contributed by atoms with Gasteiger partial charge in [-0.3, -0.25) is 4.55 Å². The summed E-state index contributed by atoms with van der Waals surface area (Å²) in [5, 5.41) is 0. The molecule has 0 aliphatic rings. The zero-order valence-corrected chi connectivity index (χ0v) is 14.7. The van der Waals surface area contributed by atoms with E-state index in [2.05, 4.69) is 40.8 Å². The molecule has 0 radical (unpaired) electrons. The summed E-state index contributed by atoms with van der Waals surface area (Å²) in [5.74, 6) is 0.924. The summed E-state index contributed by atoms with van der Waals surface area (Å²) in [5.41, 5.74) is -3.17. The average molecular weight is 460 g/mol. The van der Waals surface area contributed by atoms with Crippen molar-refractivity contribution in [2.75, 3.05) is 7.11 Å². The van der Waals surface area contributed by atoms with E-state index in [4.69, 9.17) is 17.7 Å². The number of ether oxygens (including phenoxy) is 1. The Kier molecular flexibility index (Phi) is 6.84. The molecule has 0 fully saturated rings. The fourth-order valence-electron chi connectivity index (χ4n) is 1.56. The van der Waals surface area contributed by atoms with Crippen molar-refractivity contribution < 1.29 is 30.9 Å². The van der Waals surface area contributed by atoms with Gasteiger partial charge in [-0.25, -0.2) is 0 Å². The van der Waals surface area contributed by atoms with Crippen molar-refractivity contribution in [3.63, 3.8) is 0 Å². The molecular weight excluding hydrogens is 448 g/mol. The second-order valence-electron chi connectivity index (χ2n) is 4.10. The maximum atomic E-state index is 10.7. The molecule has 1 N–H and O–H groups in total. The van der Waals surface area contributed by atoms with Crippen LogP contribution in [0.25, 0.3) is 11.1 Å². The van der Waals surface area contributed by atoms with Crippen molar-refractivity contribution in [3.8, 4) is 16.9 Å². The lowest BCUT2D eigenvalue weighted by molar-refractivity contribution is -0.0510. The van der Waals surface area contributed by atoms with Crippen LogP contribution >= 0.6 is 22.6 Å². The van der Waals surface area contributed by atoms with E-state index in [0.29, 0.717) is 0 Å². The Morgan fingerprint density at radius 2 is 1.57 bits per heavy atom. The van der Waals surface area contributed by atoms with Crippen LogP contribution in [-0.4, -0.2) is 25.6 Å². The fourth-order valence-corrected chi connectivity index (χ4v) is 2.34. The van der Waals surface area contributed by atoms with E-state index in [-0.39, 0.29) is 0 Å². The standard InChI is InChI=1S/C13H11IO.CHF3O3S/c1-15-12-9-5-8-11(14)13(12)10-6-3-2-4-7-10;2-1(3,4)8(5,6)7/h2-9H,1H3;(H,5,6,7). The molecule has 9 heteroatoms. The van der Waals surface area contributed by atoms with E-state index in [1.165, 1.54) is 14.7 Å². The highest BCUT2D eigenvalue weighted by atomic mass is 127. The van der Waals surface area contributed by atoms with E-state index in [9.17, 15) is 13.2 Å². The molecule has 0 saturated carbocycles. The predicted molar refractivity (Wildman–Crippen MR) is 88.8 cm³/mol. The number of alkyl halides is 3. The van der Waals surface area contributed by atoms with Crippen molar-refractivity contribution in [1.82, 2.24) is 0 Å². The molecule has 126 valence electrons. The van der Waals surface area contributed by atoms with Crippen LogP contribution < -0.4 is 4.74 Å². The summed E-state index contributed by atoms with van der Waals surface area (Å²) in [6.45, 7) is 0. The molecule has 2 rings (SSSR count). The van der Waals surface area contributed by atoms with Gasteiger partial charge in [-0.1, -0.05) is 36.4 Å². The third-order valence-electron chi connectivity index (χ3n) is 2.55. The Bertz CT molecular complexity index is 746. The molecule has 4 nitrogen and oxygen atoms in total. The third kappa shape index (κ3) is 5.66. The van der Waals surface area contributed by atoms with Gasteiger partial charge >= 0.3 is 15.6 Å². The predicted octanol–water partition coefficient (Wildman–Crippen LogP) is 4.36. The first kappa shape index (κ1) is 19.7.